The summed E-state index contributed by atoms with van der Waals surface area (Å²) in [5, 5.41) is 19.2. The highest BCUT2D eigenvalue weighted by Crippen LogP contribution is 2.41. The molecular formula is C32H33ClFN7O2. The number of piperidine rings is 1. The number of aromatic nitrogens is 4. The SMILES string of the molecule is C=CC(=O)N1CCC(n2nnc3c(OC[C@@H]4CCCN4C)nc4c(F)c(-c5cccc(C)c5)c(Cl)cc4c32)C[C@H]1CC#N. The van der Waals surface area contributed by atoms with Gasteiger partial charge in [-0.3, -0.25) is 4.79 Å². The van der Waals surface area contributed by atoms with E-state index in [1.807, 2.05) is 31.2 Å². The normalized spacial score (nSPS) is 20.9. The third kappa shape index (κ3) is 5.32. The van der Waals surface area contributed by atoms with Crippen molar-refractivity contribution < 1.29 is 13.9 Å². The van der Waals surface area contributed by atoms with Crippen LogP contribution in [-0.4, -0.2) is 74.5 Å². The van der Waals surface area contributed by atoms with E-state index in [9.17, 15) is 10.1 Å². The number of hydrogen-bond acceptors (Lipinski definition) is 7. The van der Waals surface area contributed by atoms with Crippen LogP contribution in [0.1, 0.15) is 43.7 Å². The molecule has 0 saturated carbocycles. The molecule has 0 aliphatic carbocycles. The van der Waals surface area contributed by atoms with Crippen molar-refractivity contribution in [2.75, 3.05) is 26.7 Å². The van der Waals surface area contributed by atoms with Crippen LogP contribution in [0.4, 0.5) is 4.39 Å². The molecule has 2 fully saturated rings. The number of halogens is 2. The van der Waals surface area contributed by atoms with Gasteiger partial charge in [0.2, 0.25) is 11.8 Å². The van der Waals surface area contributed by atoms with Crippen LogP contribution < -0.4 is 4.74 Å². The Balaban J connectivity index is 1.50. The minimum atomic E-state index is -0.542. The first-order valence-corrected chi connectivity index (χ1v) is 14.9. The summed E-state index contributed by atoms with van der Waals surface area (Å²) in [4.78, 5) is 21.1. The molecule has 43 heavy (non-hydrogen) atoms. The number of pyridine rings is 1. The highest BCUT2D eigenvalue weighted by Gasteiger charge is 2.34. The van der Waals surface area contributed by atoms with Crippen molar-refractivity contribution in [3.8, 4) is 23.1 Å². The average molecular weight is 602 g/mol. The molecule has 3 atom stereocenters. The molecule has 0 radical (unpaired) electrons. The Bertz CT molecular complexity index is 1770. The predicted molar refractivity (Wildman–Crippen MR) is 163 cm³/mol. The lowest BCUT2D eigenvalue weighted by atomic mass is 9.94. The first kappa shape index (κ1) is 29.0. The van der Waals surface area contributed by atoms with Crippen LogP contribution in [-0.2, 0) is 4.79 Å². The molecule has 0 bridgehead atoms. The van der Waals surface area contributed by atoms with Crippen molar-refractivity contribution in [3.63, 3.8) is 0 Å². The second-order valence-electron chi connectivity index (χ2n) is 11.5. The molecule has 2 aliphatic heterocycles. The number of likely N-dealkylation sites (tertiary alicyclic amines) is 2. The van der Waals surface area contributed by atoms with Crippen LogP contribution in [0.15, 0.2) is 43.0 Å². The maximum absolute atomic E-state index is 16.5. The van der Waals surface area contributed by atoms with Gasteiger partial charge < -0.3 is 14.5 Å². The summed E-state index contributed by atoms with van der Waals surface area (Å²) in [6.07, 6.45) is 4.60. The molecule has 2 aromatic heterocycles. The van der Waals surface area contributed by atoms with Gasteiger partial charge in [0.25, 0.3) is 0 Å². The monoisotopic (exact) mass is 601 g/mol. The second-order valence-corrected chi connectivity index (χ2v) is 11.9. The maximum Gasteiger partial charge on any atom is 0.246 e. The first-order chi connectivity index (χ1) is 20.8. The number of ether oxygens (including phenoxy) is 1. The Kier molecular flexibility index (Phi) is 8.03. The van der Waals surface area contributed by atoms with Crippen LogP contribution in [0.3, 0.4) is 0 Å². The van der Waals surface area contributed by atoms with Crippen molar-refractivity contribution in [3.05, 3.63) is 59.4 Å². The van der Waals surface area contributed by atoms with Crippen molar-refractivity contribution in [1.82, 2.24) is 29.8 Å². The van der Waals surface area contributed by atoms with E-state index in [0.717, 1.165) is 24.9 Å². The summed E-state index contributed by atoms with van der Waals surface area (Å²) in [6.45, 7) is 7.37. The third-order valence-corrected chi connectivity index (χ3v) is 9.07. The Labute approximate surface area is 254 Å². The van der Waals surface area contributed by atoms with Gasteiger partial charge in [0.15, 0.2) is 11.3 Å². The largest absolute Gasteiger partial charge is 0.474 e. The number of aryl methyl sites for hydroxylation is 1. The molecule has 11 heteroatoms. The highest BCUT2D eigenvalue weighted by atomic mass is 35.5. The van der Waals surface area contributed by atoms with Gasteiger partial charge in [-0.2, -0.15) is 5.26 Å². The number of likely N-dealkylation sites (N-methyl/N-ethyl adjacent to an activating group) is 1. The van der Waals surface area contributed by atoms with E-state index in [-0.39, 0.29) is 52.4 Å². The average Bonchev–Trinajstić information content (AvgIpc) is 3.63. The number of rotatable bonds is 7. The van der Waals surface area contributed by atoms with E-state index in [2.05, 4.69) is 34.9 Å². The predicted octanol–water partition coefficient (Wildman–Crippen LogP) is 5.85. The lowest BCUT2D eigenvalue weighted by Gasteiger charge is -2.38. The lowest BCUT2D eigenvalue weighted by molar-refractivity contribution is -0.130. The van der Waals surface area contributed by atoms with Crippen molar-refractivity contribution in [2.45, 2.75) is 57.2 Å². The van der Waals surface area contributed by atoms with Gasteiger partial charge in [0, 0.05) is 29.6 Å². The maximum atomic E-state index is 16.5. The Hall–Kier alpha value is -4.07. The van der Waals surface area contributed by atoms with Gasteiger partial charge in [0.1, 0.15) is 17.6 Å². The molecule has 0 N–H and O–H groups in total. The fourth-order valence-corrected chi connectivity index (χ4v) is 6.79. The van der Waals surface area contributed by atoms with E-state index in [1.54, 1.807) is 15.6 Å². The minimum Gasteiger partial charge on any atom is -0.474 e. The molecule has 2 aliphatic rings. The third-order valence-electron chi connectivity index (χ3n) is 8.77. The molecule has 9 nitrogen and oxygen atoms in total. The van der Waals surface area contributed by atoms with Crippen molar-refractivity contribution in [2.24, 2.45) is 0 Å². The first-order valence-electron chi connectivity index (χ1n) is 14.6. The van der Waals surface area contributed by atoms with E-state index >= 15 is 4.39 Å². The number of benzene rings is 2. The van der Waals surface area contributed by atoms with Gasteiger partial charge >= 0.3 is 0 Å². The van der Waals surface area contributed by atoms with Crippen LogP contribution in [0, 0.1) is 24.1 Å². The second kappa shape index (κ2) is 11.9. The standard InChI is InChI=1S/C32H33ClFN7O2/c1-4-26(42)40-14-11-22(16-21(40)10-12-35)41-31-24-17-25(33)27(20-8-5-7-19(2)15-20)28(34)29(24)36-32(30(31)37-38-41)43-18-23-9-6-13-39(23)3/h4-5,7-8,15,17,21-23H,1,6,9-11,13-14,16,18H2,2-3H3/t21-,22?,23+/m1/s1. The molecule has 2 aromatic carbocycles. The highest BCUT2D eigenvalue weighted by molar-refractivity contribution is 6.34. The zero-order chi connectivity index (χ0) is 30.2. The molecule has 1 unspecified atom stereocenters. The fourth-order valence-electron chi connectivity index (χ4n) is 6.49. The number of carbonyl (C=O) groups excluding carboxylic acids is 1. The summed E-state index contributed by atoms with van der Waals surface area (Å²) in [7, 11) is 2.07. The summed E-state index contributed by atoms with van der Waals surface area (Å²) < 4.78 is 24.6. The lowest BCUT2D eigenvalue weighted by Crippen LogP contribution is -2.45. The van der Waals surface area contributed by atoms with Gasteiger partial charge in [0.05, 0.1) is 23.6 Å². The topological polar surface area (TPSA) is 100 Å². The summed E-state index contributed by atoms with van der Waals surface area (Å²) in [5.74, 6) is -0.528. The van der Waals surface area contributed by atoms with Gasteiger partial charge in [-0.1, -0.05) is 53.2 Å². The Morgan fingerprint density at radius 3 is 2.81 bits per heavy atom. The summed E-state index contributed by atoms with van der Waals surface area (Å²) in [6, 6.07) is 11.2. The van der Waals surface area contributed by atoms with Gasteiger partial charge in [-0.05, 0) is 63.9 Å². The number of hydrogen-bond donors (Lipinski definition) is 0. The van der Waals surface area contributed by atoms with Gasteiger partial charge in [-0.15, -0.1) is 5.10 Å². The number of carbonyl (C=O) groups is 1. The molecule has 0 spiro atoms. The van der Waals surface area contributed by atoms with Crippen LogP contribution >= 0.6 is 11.6 Å². The molecule has 1 amide bonds. The zero-order valence-corrected chi connectivity index (χ0v) is 25.0. The number of fused-ring (bicyclic) bond motifs is 3. The minimum absolute atomic E-state index is 0.125. The molecule has 222 valence electrons. The van der Waals surface area contributed by atoms with Crippen molar-refractivity contribution in [1.29, 1.82) is 5.26 Å². The number of amides is 1. The summed E-state index contributed by atoms with van der Waals surface area (Å²) in [5.41, 5.74) is 3.03. The number of nitriles is 1. The van der Waals surface area contributed by atoms with Gasteiger partial charge in [-0.25, -0.2) is 14.1 Å². The summed E-state index contributed by atoms with van der Waals surface area (Å²) >= 11 is 6.79. The quantitative estimate of drug-likeness (QED) is 0.245. The smallest absolute Gasteiger partial charge is 0.246 e. The molecule has 2 saturated heterocycles. The van der Waals surface area contributed by atoms with Crippen LogP contribution in [0.25, 0.3) is 33.1 Å². The molecule has 4 aromatic rings. The van der Waals surface area contributed by atoms with E-state index in [4.69, 9.17) is 21.3 Å². The van der Waals surface area contributed by atoms with E-state index < -0.39 is 5.82 Å². The van der Waals surface area contributed by atoms with E-state index in [0.29, 0.717) is 48.0 Å². The molecule has 4 heterocycles. The number of nitrogens with zero attached hydrogens (tertiary/aromatic N) is 7. The molecular weight excluding hydrogens is 569 g/mol. The zero-order valence-electron chi connectivity index (χ0n) is 24.3. The van der Waals surface area contributed by atoms with Crippen LogP contribution in [0.5, 0.6) is 5.88 Å². The fraction of sp³-hybridized carbons (Fsp3) is 0.406. The molecule has 6 rings (SSSR count). The van der Waals surface area contributed by atoms with E-state index in [1.165, 1.54) is 6.08 Å². The van der Waals surface area contributed by atoms with Crippen molar-refractivity contribution >= 4 is 39.4 Å². The Morgan fingerprint density at radius 2 is 2.09 bits per heavy atom. The Morgan fingerprint density at radius 1 is 1.26 bits per heavy atom. The van der Waals surface area contributed by atoms with Crippen LogP contribution in [0.2, 0.25) is 5.02 Å².